The fourth-order valence-corrected chi connectivity index (χ4v) is 3.20. The number of aromatic nitrogens is 2. The topological polar surface area (TPSA) is 64.8 Å². The van der Waals surface area contributed by atoms with Crippen molar-refractivity contribution >= 4 is 5.69 Å². The molecule has 3 rings (SSSR count). The van der Waals surface area contributed by atoms with E-state index in [0.717, 1.165) is 25.2 Å². The monoisotopic (exact) mass is 293 g/mol. The van der Waals surface area contributed by atoms with E-state index in [-0.39, 0.29) is 0 Å². The van der Waals surface area contributed by atoms with Gasteiger partial charge in [0, 0.05) is 31.2 Å². The Bertz CT molecular complexity index is 664. The number of nitrogens with zero attached hydrogens (tertiary/aromatic N) is 4. The Kier molecular flexibility index (Phi) is 4.31. The summed E-state index contributed by atoms with van der Waals surface area (Å²) in [6.45, 7) is 1.90. The summed E-state index contributed by atoms with van der Waals surface area (Å²) in [5, 5.41) is 12.5. The van der Waals surface area contributed by atoms with E-state index in [2.05, 4.69) is 39.4 Å². The van der Waals surface area contributed by atoms with Gasteiger partial charge < -0.3 is 5.32 Å². The van der Waals surface area contributed by atoms with Crippen LogP contribution in [0, 0.1) is 17.2 Å². The summed E-state index contributed by atoms with van der Waals surface area (Å²) in [5.74, 6) is 0.487. The first kappa shape index (κ1) is 14.5. The Morgan fingerprint density at radius 2 is 2.23 bits per heavy atom. The molecule has 2 aromatic rings. The van der Waals surface area contributed by atoms with Gasteiger partial charge in [-0.15, -0.1) is 0 Å². The maximum Gasteiger partial charge on any atom is 0.163 e. The summed E-state index contributed by atoms with van der Waals surface area (Å²) in [6.07, 6.45) is 6.53. The molecule has 5 nitrogen and oxygen atoms in total. The van der Waals surface area contributed by atoms with Crippen LogP contribution in [0.15, 0.2) is 42.9 Å². The van der Waals surface area contributed by atoms with Crippen molar-refractivity contribution in [2.45, 2.75) is 12.5 Å². The standard InChI is InChI=1S/C17H19N5/c1-22-9-6-14(17(22)13-4-2-7-19-11-13)12-21-15-5-3-8-20-16(15)10-18/h2-5,7-8,11,14,17,21H,6,9,12H2,1H3/t14-,17-/m0/s1. The molecular formula is C17H19N5. The molecule has 1 saturated heterocycles. The molecule has 0 spiro atoms. The number of hydrogen-bond donors (Lipinski definition) is 1. The van der Waals surface area contributed by atoms with E-state index in [1.165, 1.54) is 5.56 Å². The average molecular weight is 293 g/mol. The number of hydrogen-bond acceptors (Lipinski definition) is 5. The third-order valence-electron chi connectivity index (χ3n) is 4.27. The van der Waals surface area contributed by atoms with Gasteiger partial charge in [-0.2, -0.15) is 5.26 Å². The van der Waals surface area contributed by atoms with E-state index in [4.69, 9.17) is 5.26 Å². The predicted octanol–water partition coefficient (Wildman–Crippen LogP) is 2.45. The molecule has 0 amide bonds. The lowest BCUT2D eigenvalue weighted by atomic mass is 9.94. The maximum atomic E-state index is 9.11. The van der Waals surface area contributed by atoms with Gasteiger partial charge in [-0.3, -0.25) is 9.88 Å². The molecule has 1 fully saturated rings. The average Bonchev–Trinajstić information content (AvgIpc) is 2.94. The fourth-order valence-electron chi connectivity index (χ4n) is 3.20. The number of likely N-dealkylation sites (tertiary alicyclic amines) is 1. The normalized spacial score (nSPS) is 21.5. The molecule has 0 bridgehead atoms. The van der Waals surface area contributed by atoms with Crippen molar-refractivity contribution in [3.8, 4) is 6.07 Å². The molecule has 2 atom stereocenters. The lowest BCUT2D eigenvalue weighted by Crippen LogP contribution is -2.25. The van der Waals surface area contributed by atoms with Crippen molar-refractivity contribution in [3.05, 3.63) is 54.1 Å². The number of nitriles is 1. The van der Waals surface area contributed by atoms with Gasteiger partial charge in [0.05, 0.1) is 5.69 Å². The molecule has 1 aliphatic rings. The van der Waals surface area contributed by atoms with Gasteiger partial charge in [0.1, 0.15) is 6.07 Å². The van der Waals surface area contributed by atoms with Crippen molar-refractivity contribution < 1.29 is 0 Å². The van der Waals surface area contributed by atoms with E-state index >= 15 is 0 Å². The van der Waals surface area contributed by atoms with Crippen molar-refractivity contribution in [2.24, 2.45) is 5.92 Å². The first-order valence-electron chi connectivity index (χ1n) is 7.48. The summed E-state index contributed by atoms with van der Waals surface area (Å²) in [6, 6.07) is 10.4. The summed E-state index contributed by atoms with van der Waals surface area (Å²) in [5.41, 5.74) is 2.51. The third kappa shape index (κ3) is 2.92. The fraction of sp³-hybridized carbons (Fsp3) is 0.353. The van der Waals surface area contributed by atoms with Crippen LogP contribution in [-0.2, 0) is 0 Å². The van der Waals surface area contributed by atoms with Gasteiger partial charge in [0.2, 0.25) is 0 Å². The van der Waals surface area contributed by atoms with Gasteiger partial charge in [0.25, 0.3) is 0 Å². The molecule has 5 heteroatoms. The summed E-state index contributed by atoms with van der Waals surface area (Å²) < 4.78 is 0. The highest BCUT2D eigenvalue weighted by molar-refractivity contribution is 5.53. The lowest BCUT2D eigenvalue weighted by Gasteiger charge is -2.25. The van der Waals surface area contributed by atoms with Crippen LogP contribution in [0.1, 0.15) is 23.7 Å². The SMILES string of the molecule is CN1CC[C@@H](CNc2cccnc2C#N)[C@@H]1c1cccnc1. The summed E-state index contributed by atoms with van der Waals surface area (Å²) >= 11 is 0. The van der Waals surface area contributed by atoms with E-state index in [0.29, 0.717) is 17.7 Å². The van der Waals surface area contributed by atoms with Crippen molar-refractivity contribution in [2.75, 3.05) is 25.5 Å². The molecular weight excluding hydrogens is 274 g/mol. The van der Waals surface area contributed by atoms with Crippen LogP contribution in [0.2, 0.25) is 0 Å². The minimum atomic E-state index is 0.364. The Morgan fingerprint density at radius 1 is 1.36 bits per heavy atom. The maximum absolute atomic E-state index is 9.11. The lowest BCUT2D eigenvalue weighted by molar-refractivity contribution is 0.281. The molecule has 0 aliphatic carbocycles. The molecule has 3 heterocycles. The van der Waals surface area contributed by atoms with Crippen LogP contribution in [0.25, 0.3) is 0 Å². The van der Waals surface area contributed by atoms with Crippen LogP contribution < -0.4 is 5.32 Å². The van der Waals surface area contributed by atoms with Crippen molar-refractivity contribution in [1.82, 2.24) is 14.9 Å². The van der Waals surface area contributed by atoms with Crippen LogP contribution >= 0.6 is 0 Å². The Hall–Kier alpha value is -2.45. The Balaban J connectivity index is 1.73. The molecule has 0 unspecified atom stereocenters. The van der Waals surface area contributed by atoms with Crippen LogP contribution in [0.3, 0.4) is 0 Å². The second-order valence-electron chi connectivity index (χ2n) is 5.65. The van der Waals surface area contributed by atoms with Gasteiger partial charge in [0.15, 0.2) is 5.69 Å². The zero-order chi connectivity index (χ0) is 15.4. The van der Waals surface area contributed by atoms with Crippen LogP contribution in [0.4, 0.5) is 5.69 Å². The van der Waals surface area contributed by atoms with Gasteiger partial charge in [-0.1, -0.05) is 6.07 Å². The number of anilines is 1. The Morgan fingerprint density at radius 3 is 3.00 bits per heavy atom. The molecule has 1 aliphatic heterocycles. The smallest absolute Gasteiger partial charge is 0.163 e. The van der Waals surface area contributed by atoms with Gasteiger partial charge in [-0.25, -0.2) is 4.98 Å². The first-order valence-corrected chi connectivity index (χ1v) is 7.48. The van der Waals surface area contributed by atoms with E-state index < -0.39 is 0 Å². The highest BCUT2D eigenvalue weighted by atomic mass is 15.2. The second kappa shape index (κ2) is 6.54. The minimum Gasteiger partial charge on any atom is -0.382 e. The predicted molar refractivity (Wildman–Crippen MR) is 85.2 cm³/mol. The summed E-state index contributed by atoms with van der Waals surface area (Å²) in [4.78, 5) is 10.7. The molecule has 0 aromatic carbocycles. The molecule has 1 N–H and O–H groups in total. The first-order chi connectivity index (χ1) is 10.8. The molecule has 0 radical (unpaired) electrons. The van der Waals surface area contributed by atoms with Crippen molar-refractivity contribution in [1.29, 1.82) is 5.26 Å². The quantitative estimate of drug-likeness (QED) is 0.938. The van der Waals surface area contributed by atoms with E-state index in [1.807, 2.05) is 24.4 Å². The highest BCUT2D eigenvalue weighted by Crippen LogP contribution is 2.35. The highest BCUT2D eigenvalue weighted by Gasteiger charge is 2.32. The molecule has 22 heavy (non-hydrogen) atoms. The van der Waals surface area contributed by atoms with E-state index in [1.54, 1.807) is 12.4 Å². The van der Waals surface area contributed by atoms with Crippen molar-refractivity contribution in [3.63, 3.8) is 0 Å². The third-order valence-corrected chi connectivity index (χ3v) is 4.27. The Labute approximate surface area is 130 Å². The molecule has 112 valence electrons. The molecule has 2 aromatic heterocycles. The van der Waals surface area contributed by atoms with Crippen LogP contribution in [-0.4, -0.2) is 35.0 Å². The van der Waals surface area contributed by atoms with Crippen LogP contribution in [0.5, 0.6) is 0 Å². The van der Waals surface area contributed by atoms with E-state index in [9.17, 15) is 0 Å². The number of pyridine rings is 2. The molecule has 0 saturated carbocycles. The largest absolute Gasteiger partial charge is 0.382 e. The zero-order valence-corrected chi connectivity index (χ0v) is 12.6. The van der Waals surface area contributed by atoms with Gasteiger partial charge in [-0.05, 0) is 49.7 Å². The zero-order valence-electron chi connectivity index (χ0n) is 12.6. The van der Waals surface area contributed by atoms with Gasteiger partial charge >= 0.3 is 0 Å². The second-order valence-corrected chi connectivity index (χ2v) is 5.65. The summed E-state index contributed by atoms with van der Waals surface area (Å²) in [7, 11) is 2.16. The number of nitrogens with one attached hydrogen (secondary N) is 1. The number of rotatable bonds is 4. The minimum absolute atomic E-state index is 0.364.